The molecule has 0 bridgehead atoms. The van der Waals surface area contributed by atoms with Gasteiger partial charge in [0.2, 0.25) is 0 Å². The molecular weight excluding hydrogens is 556 g/mol. The number of carbonyl (C=O) groups excluding carboxylic acids is 4. The monoisotopic (exact) mass is 582 g/mol. The maximum absolute atomic E-state index is 13.3. The highest BCUT2D eigenvalue weighted by Crippen LogP contribution is 2.31. The summed E-state index contributed by atoms with van der Waals surface area (Å²) in [4.78, 5) is 51.0. The molecule has 0 unspecified atom stereocenters. The number of phenolic OH excluding ortho intramolecular Hbond substituents is 1. The zero-order chi connectivity index (χ0) is 27.7. The number of Topliss-reactive ketones (excluding diaryl/α,β-unsaturated/α-hetero) is 2. The molecule has 10 heteroatoms. The van der Waals surface area contributed by atoms with E-state index in [1.54, 1.807) is 48.5 Å². The Morgan fingerprint density at radius 1 is 0.711 bits per heavy atom. The lowest BCUT2D eigenvalue weighted by Gasteiger charge is -2.19. The number of ether oxygens (including phenoxy) is 2. The topological polar surface area (TPSA) is 131 Å². The molecule has 198 valence electrons. The summed E-state index contributed by atoms with van der Waals surface area (Å²) >= 11 is 3.26. The first kappa shape index (κ1) is 28.4. The van der Waals surface area contributed by atoms with Crippen molar-refractivity contribution < 1.29 is 33.8 Å². The van der Waals surface area contributed by atoms with Gasteiger partial charge in [-0.1, -0.05) is 76.6 Å². The van der Waals surface area contributed by atoms with Gasteiger partial charge < -0.3 is 25.2 Å². The summed E-state index contributed by atoms with van der Waals surface area (Å²) < 4.78 is 10.5. The number of benzene rings is 3. The van der Waals surface area contributed by atoms with E-state index in [1.165, 1.54) is 26.0 Å². The molecule has 0 fully saturated rings. The van der Waals surface area contributed by atoms with E-state index in [0.717, 1.165) is 11.1 Å². The SMILES string of the molecule is C[C@H](NC(=O)OCc1ccccc1)C(=O)c1c(O)ccc(Br)c1C(=O)[C@H](C)NC(=O)OCc1ccccc1. The van der Waals surface area contributed by atoms with E-state index in [2.05, 4.69) is 26.6 Å². The van der Waals surface area contributed by atoms with Crippen LogP contribution in [0.4, 0.5) is 9.59 Å². The van der Waals surface area contributed by atoms with Crippen molar-refractivity contribution in [2.75, 3.05) is 0 Å². The zero-order valence-electron chi connectivity index (χ0n) is 20.8. The van der Waals surface area contributed by atoms with Crippen LogP contribution < -0.4 is 10.6 Å². The maximum atomic E-state index is 13.3. The first-order valence-electron chi connectivity index (χ1n) is 11.7. The summed E-state index contributed by atoms with van der Waals surface area (Å²) in [5.41, 5.74) is 1.10. The number of phenols is 1. The maximum Gasteiger partial charge on any atom is 0.408 e. The largest absolute Gasteiger partial charge is 0.507 e. The predicted octanol–water partition coefficient (Wildman–Crippen LogP) is 5.15. The number of ketones is 2. The minimum Gasteiger partial charge on any atom is -0.507 e. The van der Waals surface area contributed by atoms with Crippen LogP contribution in [0.25, 0.3) is 0 Å². The minimum atomic E-state index is -1.14. The highest BCUT2D eigenvalue weighted by molar-refractivity contribution is 9.10. The van der Waals surface area contributed by atoms with Crippen LogP contribution in [0, 0.1) is 0 Å². The summed E-state index contributed by atoms with van der Waals surface area (Å²) in [6.07, 6.45) is -1.66. The predicted molar refractivity (Wildman–Crippen MR) is 143 cm³/mol. The lowest BCUT2D eigenvalue weighted by molar-refractivity contribution is 0.0895. The van der Waals surface area contributed by atoms with E-state index < -0.39 is 41.6 Å². The molecule has 3 aromatic carbocycles. The molecule has 0 spiro atoms. The summed E-state index contributed by atoms with van der Waals surface area (Å²) in [5.74, 6) is -1.82. The average molecular weight is 583 g/mol. The molecule has 2 amide bonds. The Balaban J connectivity index is 1.68. The fourth-order valence-corrected chi connectivity index (χ4v) is 4.03. The van der Waals surface area contributed by atoms with Gasteiger partial charge in [0.05, 0.1) is 17.6 Å². The van der Waals surface area contributed by atoms with Crippen molar-refractivity contribution in [3.05, 3.63) is 99.5 Å². The molecule has 3 aromatic rings. The Morgan fingerprint density at radius 2 is 1.13 bits per heavy atom. The van der Waals surface area contributed by atoms with Crippen LogP contribution in [0.1, 0.15) is 45.7 Å². The second kappa shape index (κ2) is 13.4. The highest BCUT2D eigenvalue weighted by atomic mass is 79.9. The number of aromatic hydroxyl groups is 1. The third-order valence-electron chi connectivity index (χ3n) is 5.51. The van der Waals surface area contributed by atoms with Crippen molar-refractivity contribution >= 4 is 39.7 Å². The standard InChI is InChI=1S/C28H27BrN2O7/c1-17(30-27(35)37-15-19-9-5-3-6-10-19)25(33)23-21(29)13-14-22(32)24(23)26(34)18(2)31-28(36)38-16-20-11-7-4-8-12-20/h3-14,17-18,32H,15-16H2,1-2H3,(H,30,35)(H,31,36)/t17-,18-/m0/s1. The van der Waals surface area contributed by atoms with Crippen LogP contribution in [-0.4, -0.2) is 40.9 Å². The molecule has 0 aliphatic carbocycles. The van der Waals surface area contributed by atoms with Gasteiger partial charge >= 0.3 is 12.2 Å². The average Bonchev–Trinajstić information content (AvgIpc) is 2.92. The Hall–Kier alpha value is -4.18. The van der Waals surface area contributed by atoms with Gasteiger partial charge in [0.1, 0.15) is 19.0 Å². The molecule has 0 saturated heterocycles. The van der Waals surface area contributed by atoms with Crippen molar-refractivity contribution in [1.82, 2.24) is 10.6 Å². The first-order chi connectivity index (χ1) is 18.2. The van der Waals surface area contributed by atoms with Crippen molar-refractivity contribution in [2.45, 2.75) is 39.1 Å². The van der Waals surface area contributed by atoms with Crippen molar-refractivity contribution in [1.29, 1.82) is 0 Å². The number of hydrogen-bond donors (Lipinski definition) is 3. The smallest absolute Gasteiger partial charge is 0.408 e. The van der Waals surface area contributed by atoms with Gasteiger partial charge in [-0.05, 0) is 37.1 Å². The van der Waals surface area contributed by atoms with Crippen LogP contribution >= 0.6 is 15.9 Å². The van der Waals surface area contributed by atoms with Gasteiger partial charge in [0.25, 0.3) is 0 Å². The summed E-state index contributed by atoms with van der Waals surface area (Å²) in [6.45, 7) is 2.85. The van der Waals surface area contributed by atoms with Crippen LogP contribution in [0.5, 0.6) is 5.75 Å². The van der Waals surface area contributed by atoms with E-state index in [4.69, 9.17) is 9.47 Å². The van der Waals surface area contributed by atoms with Gasteiger partial charge in [-0.2, -0.15) is 0 Å². The lowest BCUT2D eigenvalue weighted by atomic mass is 9.93. The molecule has 0 radical (unpaired) electrons. The number of carbonyl (C=O) groups is 4. The molecule has 0 aliphatic rings. The molecule has 38 heavy (non-hydrogen) atoms. The van der Waals surface area contributed by atoms with E-state index in [9.17, 15) is 24.3 Å². The Kier molecular flexibility index (Phi) is 10.0. The third kappa shape index (κ3) is 7.66. The number of halogens is 1. The fourth-order valence-electron chi connectivity index (χ4n) is 3.50. The molecule has 0 aromatic heterocycles. The van der Waals surface area contributed by atoms with Crippen LogP contribution in [-0.2, 0) is 22.7 Å². The normalized spacial score (nSPS) is 12.1. The van der Waals surface area contributed by atoms with Gasteiger partial charge in [-0.15, -0.1) is 0 Å². The second-order valence-corrected chi connectivity index (χ2v) is 9.25. The molecule has 0 heterocycles. The molecule has 2 atom stereocenters. The van der Waals surface area contributed by atoms with Crippen molar-refractivity contribution in [3.63, 3.8) is 0 Å². The summed E-state index contributed by atoms with van der Waals surface area (Å²) in [6, 6.07) is 18.5. The van der Waals surface area contributed by atoms with Crippen LogP contribution in [0.3, 0.4) is 0 Å². The number of hydrogen-bond acceptors (Lipinski definition) is 7. The lowest BCUT2D eigenvalue weighted by Crippen LogP contribution is -2.41. The van der Waals surface area contributed by atoms with Gasteiger partial charge in [-0.25, -0.2) is 9.59 Å². The highest BCUT2D eigenvalue weighted by Gasteiger charge is 2.31. The van der Waals surface area contributed by atoms with Crippen molar-refractivity contribution in [2.24, 2.45) is 0 Å². The fraction of sp³-hybridized carbons (Fsp3) is 0.214. The Morgan fingerprint density at radius 3 is 1.58 bits per heavy atom. The van der Waals surface area contributed by atoms with Crippen molar-refractivity contribution in [3.8, 4) is 5.75 Å². The first-order valence-corrected chi connectivity index (χ1v) is 12.5. The molecule has 0 aliphatic heterocycles. The zero-order valence-corrected chi connectivity index (χ0v) is 22.4. The number of nitrogens with one attached hydrogen (secondary N) is 2. The Bertz CT molecular complexity index is 1200. The van der Waals surface area contributed by atoms with Crippen LogP contribution in [0.2, 0.25) is 0 Å². The quantitative estimate of drug-likeness (QED) is 0.282. The number of rotatable bonds is 10. The van der Waals surface area contributed by atoms with Gasteiger partial charge in [0.15, 0.2) is 11.6 Å². The summed E-state index contributed by atoms with van der Waals surface area (Å²) in [5, 5.41) is 15.4. The van der Waals surface area contributed by atoms with E-state index >= 15 is 0 Å². The third-order valence-corrected chi connectivity index (χ3v) is 6.17. The van der Waals surface area contributed by atoms with Gasteiger partial charge in [0, 0.05) is 10.0 Å². The molecule has 0 saturated carbocycles. The summed E-state index contributed by atoms with van der Waals surface area (Å²) in [7, 11) is 0. The molecule has 9 nitrogen and oxygen atoms in total. The number of amides is 2. The molecular formula is C28H27BrN2O7. The van der Waals surface area contributed by atoms with E-state index in [0.29, 0.717) is 0 Å². The number of alkyl carbamates (subject to hydrolysis) is 2. The van der Waals surface area contributed by atoms with E-state index in [1.807, 2.05) is 12.1 Å². The molecule has 3 N–H and O–H groups in total. The van der Waals surface area contributed by atoms with Gasteiger partial charge in [-0.3, -0.25) is 9.59 Å². The molecule has 3 rings (SSSR count). The van der Waals surface area contributed by atoms with E-state index in [-0.39, 0.29) is 28.8 Å². The second-order valence-electron chi connectivity index (χ2n) is 8.40. The van der Waals surface area contributed by atoms with Crippen LogP contribution in [0.15, 0.2) is 77.3 Å². The Labute approximate surface area is 228 Å². The minimum absolute atomic E-state index is 0.00299.